The van der Waals surface area contributed by atoms with Crippen LogP contribution in [0.5, 0.6) is 0 Å². The highest BCUT2D eigenvalue weighted by molar-refractivity contribution is 14.0. The first-order valence-electron chi connectivity index (χ1n) is 11.3. The Bertz CT molecular complexity index is 1010. The fraction of sp³-hybridized carbons (Fsp3) is 0.400. The molecule has 2 aromatic carbocycles. The molecule has 33 heavy (non-hydrogen) atoms. The molecule has 1 aromatic heterocycles. The van der Waals surface area contributed by atoms with Crippen LogP contribution < -0.4 is 5.32 Å². The Labute approximate surface area is 213 Å². The van der Waals surface area contributed by atoms with Crippen LogP contribution in [0.25, 0.3) is 11.1 Å². The standard InChI is InChI=1S/C25H32N6O.HI/c1-3-27-25(30-13-12-21(15-30)17-32-2)28-14-23-6-4-5-7-24(23)22-10-8-20(9-11-22)16-31-19-26-18-29-31;/h4-11,18-19,21H,3,12-17H2,1-2H3,(H,27,28);1H. The second-order valence-corrected chi connectivity index (χ2v) is 8.17. The van der Waals surface area contributed by atoms with Gasteiger partial charge in [0.2, 0.25) is 0 Å². The zero-order valence-corrected chi connectivity index (χ0v) is 21.7. The number of aliphatic imine (C=N–C) groups is 1. The molecule has 176 valence electrons. The van der Waals surface area contributed by atoms with Crippen LogP contribution in [0.3, 0.4) is 0 Å². The number of aromatic nitrogens is 3. The van der Waals surface area contributed by atoms with Crippen LogP contribution in [-0.4, -0.2) is 59.0 Å². The summed E-state index contributed by atoms with van der Waals surface area (Å²) in [7, 11) is 1.78. The van der Waals surface area contributed by atoms with Crippen molar-refractivity contribution in [3.63, 3.8) is 0 Å². The summed E-state index contributed by atoms with van der Waals surface area (Å²) >= 11 is 0. The monoisotopic (exact) mass is 560 g/mol. The Morgan fingerprint density at radius 1 is 1.18 bits per heavy atom. The molecule has 0 bridgehead atoms. The van der Waals surface area contributed by atoms with E-state index in [2.05, 4.69) is 75.8 Å². The molecular formula is C25H33IN6O. The molecule has 1 aliphatic heterocycles. The largest absolute Gasteiger partial charge is 0.384 e. The third-order valence-electron chi connectivity index (χ3n) is 5.82. The van der Waals surface area contributed by atoms with E-state index >= 15 is 0 Å². The number of hydrogen-bond acceptors (Lipinski definition) is 4. The lowest BCUT2D eigenvalue weighted by molar-refractivity contribution is 0.157. The molecule has 0 radical (unpaired) electrons. The summed E-state index contributed by atoms with van der Waals surface area (Å²) < 4.78 is 7.18. The van der Waals surface area contributed by atoms with Crippen LogP contribution in [0, 0.1) is 5.92 Å². The van der Waals surface area contributed by atoms with Gasteiger partial charge < -0.3 is 15.0 Å². The fourth-order valence-corrected chi connectivity index (χ4v) is 4.21. The van der Waals surface area contributed by atoms with Gasteiger partial charge in [-0.05, 0) is 35.6 Å². The maximum Gasteiger partial charge on any atom is 0.194 e. The van der Waals surface area contributed by atoms with Gasteiger partial charge in [0.15, 0.2) is 5.96 Å². The summed E-state index contributed by atoms with van der Waals surface area (Å²) in [5.74, 6) is 1.57. The number of hydrogen-bond donors (Lipinski definition) is 1. The van der Waals surface area contributed by atoms with Gasteiger partial charge in [0.05, 0.1) is 19.7 Å². The molecule has 0 amide bonds. The van der Waals surface area contributed by atoms with Crippen molar-refractivity contribution in [2.45, 2.75) is 26.4 Å². The van der Waals surface area contributed by atoms with E-state index in [1.165, 1.54) is 22.3 Å². The molecular weight excluding hydrogens is 527 g/mol. The summed E-state index contributed by atoms with van der Waals surface area (Å²) in [4.78, 5) is 11.4. The highest BCUT2D eigenvalue weighted by atomic mass is 127. The van der Waals surface area contributed by atoms with Gasteiger partial charge in [-0.25, -0.2) is 14.7 Å². The van der Waals surface area contributed by atoms with Crippen LogP contribution in [0.2, 0.25) is 0 Å². The number of nitrogens with one attached hydrogen (secondary N) is 1. The number of rotatable bonds is 8. The Morgan fingerprint density at radius 2 is 2.00 bits per heavy atom. The highest BCUT2D eigenvalue weighted by Crippen LogP contribution is 2.25. The van der Waals surface area contributed by atoms with Gasteiger partial charge in [-0.1, -0.05) is 48.5 Å². The van der Waals surface area contributed by atoms with Gasteiger partial charge >= 0.3 is 0 Å². The predicted octanol–water partition coefficient (Wildman–Crippen LogP) is 4.05. The molecule has 7 nitrogen and oxygen atoms in total. The number of benzene rings is 2. The highest BCUT2D eigenvalue weighted by Gasteiger charge is 2.24. The van der Waals surface area contributed by atoms with Crippen LogP contribution >= 0.6 is 24.0 Å². The number of ether oxygens (including phenoxy) is 1. The molecule has 3 aromatic rings. The van der Waals surface area contributed by atoms with Crippen molar-refractivity contribution in [1.29, 1.82) is 0 Å². The molecule has 2 heterocycles. The molecule has 1 unspecified atom stereocenters. The summed E-state index contributed by atoms with van der Waals surface area (Å²) in [5.41, 5.74) is 4.84. The average Bonchev–Trinajstić information content (AvgIpc) is 3.50. The second kappa shape index (κ2) is 12.7. The van der Waals surface area contributed by atoms with E-state index in [0.717, 1.165) is 45.2 Å². The van der Waals surface area contributed by atoms with E-state index in [-0.39, 0.29) is 24.0 Å². The quantitative estimate of drug-likeness (QED) is 0.256. The minimum Gasteiger partial charge on any atom is -0.384 e. The third kappa shape index (κ3) is 6.77. The summed E-state index contributed by atoms with van der Waals surface area (Å²) in [6, 6.07) is 17.2. The van der Waals surface area contributed by atoms with Crippen LogP contribution in [-0.2, 0) is 17.8 Å². The number of methoxy groups -OCH3 is 1. The number of halogens is 1. The van der Waals surface area contributed by atoms with E-state index in [9.17, 15) is 0 Å². The lowest BCUT2D eigenvalue weighted by Crippen LogP contribution is -2.40. The first-order valence-corrected chi connectivity index (χ1v) is 11.3. The Kier molecular flexibility index (Phi) is 9.68. The summed E-state index contributed by atoms with van der Waals surface area (Å²) in [6.45, 7) is 7.17. The van der Waals surface area contributed by atoms with Crippen molar-refractivity contribution in [2.24, 2.45) is 10.9 Å². The summed E-state index contributed by atoms with van der Waals surface area (Å²) in [6.07, 6.45) is 4.45. The van der Waals surface area contributed by atoms with Crippen molar-refractivity contribution < 1.29 is 4.74 Å². The SMILES string of the molecule is CCNC(=NCc1ccccc1-c1ccc(Cn2cncn2)cc1)N1CCC(COC)C1.I. The van der Waals surface area contributed by atoms with Gasteiger partial charge in [0, 0.05) is 32.7 Å². The predicted molar refractivity (Wildman–Crippen MR) is 143 cm³/mol. The first kappa shape index (κ1) is 25.2. The van der Waals surface area contributed by atoms with Crippen LogP contribution in [0.15, 0.2) is 66.2 Å². The maximum atomic E-state index is 5.35. The average molecular weight is 560 g/mol. The Hall–Kier alpha value is -2.46. The van der Waals surface area contributed by atoms with Crippen LogP contribution in [0.4, 0.5) is 0 Å². The molecule has 1 saturated heterocycles. The van der Waals surface area contributed by atoms with Gasteiger partial charge in [0.25, 0.3) is 0 Å². The molecule has 4 rings (SSSR count). The van der Waals surface area contributed by atoms with Gasteiger partial charge in [-0.3, -0.25) is 0 Å². The molecule has 0 saturated carbocycles. The van der Waals surface area contributed by atoms with Gasteiger partial charge in [-0.2, -0.15) is 5.10 Å². The number of nitrogens with zero attached hydrogens (tertiary/aromatic N) is 5. The summed E-state index contributed by atoms with van der Waals surface area (Å²) in [5, 5.41) is 7.65. The fourth-order valence-electron chi connectivity index (χ4n) is 4.21. The number of likely N-dealkylation sites (tertiary alicyclic amines) is 1. The lowest BCUT2D eigenvalue weighted by Gasteiger charge is -2.22. The molecule has 1 aliphatic rings. The number of guanidine groups is 1. The Balaban J connectivity index is 0.00000306. The minimum absolute atomic E-state index is 0. The maximum absolute atomic E-state index is 5.35. The van der Waals surface area contributed by atoms with E-state index in [1.807, 2.05) is 4.68 Å². The van der Waals surface area contributed by atoms with E-state index in [0.29, 0.717) is 12.5 Å². The Morgan fingerprint density at radius 3 is 2.73 bits per heavy atom. The topological polar surface area (TPSA) is 67.6 Å². The van der Waals surface area contributed by atoms with E-state index < -0.39 is 0 Å². The normalized spacial score (nSPS) is 16.0. The van der Waals surface area contributed by atoms with E-state index in [4.69, 9.17) is 9.73 Å². The first-order chi connectivity index (χ1) is 15.8. The van der Waals surface area contributed by atoms with E-state index in [1.54, 1.807) is 19.8 Å². The smallest absolute Gasteiger partial charge is 0.194 e. The molecule has 1 fully saturated rings. The van der Waals surface area contributed by atoms with Crippen molar-refractivity contribution in [2.75, 3.05) is 33.4 Å². The zero-order chi connectivity index (χ0) is 22.2. The second-order valence-electron chi connectivity index (χ2n) is 8.17. The molecule has 0 spiro atoms. The molecule has 8 heteroatoms. The molecule has 1 N–H and O–H groups in total. The zero-order valence-electron chi connectivity index (χ0n) is 19.4. The van der Waals surface area contributed by atoms with Crippen molar-refractivity contribution in [1.82, 2.24) is 25.0 Å². The van der Waals surface area contributed by atoms with Crippen molar-refractivity contribution in [3.05, 3.63) is 72.3 Å². The lowest BCUT2D eigenvalue weighted by atomic mass is 9.98. The van der Waals surface area contributed by atoms with Gasteiger partial charge in [-0.15, -0.1) is 24.0 Å². The van der Waals surface area contributed by atoms with Crippen molar-refractivity contribution >= 4 is 29.9 Å². The van der Waals surface area contributed by atoms with Crippen molar-refractivity contribution in [3.8, 4) is 11.1 Å². The minimum atomic E-state index is 0. The van der Waals surface area contributed by atoms with Crippen LogP contribution in [0.1, 0.15) is 24.5 Å². The van der Waals surface area contributed by atoms with Gasteiger partial charge in [0.1, 0.15) is 12.7 Å². The molecule has 0 aliphatic carbocycles. The third-order valence-corrected chi connectivity index (χ3v) is 5.82. The molecule has 1 atom stereocenters.